The number of nitrogens with zero attached hydrogens (tertiary/aromatic N) is 7. The average Bonchev–Trinajstić information content (AvgIpc) is 3.81. The number of piperidine rings is 1. The maximum atomic E-state index is 14.1. The third-order valence-electron chi connectivity index (χ3n) is 10.0. The molecule has 2 unspecified atom stereocenters. The minimum absolute atomic E-state index is 0.0211. The lowest BCUT2D eigenvalue weighted by molar-refractivity contribution is -0.0633. The van der Waals surface area contributed by atoms with Gasteiger partial charge in [-0.3, -0.25) is 9.48 Å². The quantitative estimate of drug-likeness (QED) is 0.348. The van der Waals surface area contributed by atoms with E-state index in [0.717, 1.165) is 57.9 Å². The summed E-state index contributed by atoms with van der Waals surface area (Å²) in [5, 5.41) is 11.1. The monoisotopic (exact) mass is 618 g/mol. The predicted molar refractivity (Wildman–Crippen MR) is 154 cm³/mol. The Labute approximate surface area is 252 Å². The van der Waals surface area contributed by atoms with Gasteiger partial charge < -0.3 is 19.9 Å². The van der Waals surface area contributed by atoms with E-state index in [1.807, 2.05) is 6.07 Å². The first-order valence-electron chi connectivity index (χ1n) is 15.6. The van der Waals surface area contributed by atoms with Gasteiger partial charge in [0.1, 0.15) is 11.4 Å². The standard InChI is InChI=1S/C30H38F4N8O2/c1-30(33,34)19-6-9-39(10-7-19)14-18-2-4-20(5-3-18)42-16-24(26(38-42)27(31)32)36-29(43)23-13-35-41-11-8-25(37-28(23)41)40-15-22-12-21(40)17-44-22/h8,11,13,16,18-22,27H,2-7,9-10,12,14-15,17H2,1H3,(H,36,43). The van der Waals surface area contributed by atoms with E-state index >= 15 is 0 Å². The molecule has 0 spiro atoms. The third kappa shape index (κ3) is 5.78. The van der Waals surface area contributed by atoms with Crippen LogP contribution in [0.4, 0.5) is 29.1 Å². The van der Waals surface area contributed by atoms with Crippen LogP contribution >= 0.6 is 0 Å². The van der Waals surface area contributed by atoms with Crippen molar-refractivity contribution in [3.8, 4) is 0 Å². The summed E-state index contributed by atoms with van der Waals surface area (Å²) >= 11 is 0. The Morgan fingerprint density at radius 2 is 1.91 bits per heavy atom. The fourth-order valence-corrected chi connectivity index (χ4v) is 7.48. The van der Waals surface area contributed by atoms with Gasteiger partial charge in [0.15, 0.2) is 11.3 Å². The van der Waals surface area contributed by atoms with Gasteiger partial charge in [0.25, 0.3) is 12.3 Å². The first kappa shape index (κ1) is 29.5. The van der Waals surface area contributed by atoms with Crippen LogP contribution < -0.4 is 10.2 Å². The van der Waals surface area contributed by atoms with Crippen molar-refractivity contribution < 1.29 is 27.1 Å². The molecule has 10 nitrogen and oxygen atoms in total. The molecule has 6 heterocycles. The van der Waals surface area contributed by atoms with Crippen molar-refractivity contribution in [1.82, 2.24) is 29.3 Å². The van der Waals surface area contributed by atoms with Crippen molar-refractivity contribution in [2.45, 2.75) is 82.4 Å². The molecule has 7 rings (SSSR count). The number of halogens is 4. The first-order valence-corrected chi connectivity index (χ1v) is 15.6. The number of likely N-dealkylation sites (tertiary alicyclic amines) is 1. The van der Waals surface area contributed by atoms with Crippen LogP contribution in [-0.2, 0) is 4.74 Å². The highest BCUT2D eigenvalue weighted by Gasteiger charge is 2.40. The van der Waals surface area contributed by atoms with Gasteiger partial charge in [-0.2, -0.15) is 10.2 Å². The molecule has 3 aromatic rings. The summed E-state index contributed by atoms with van der Waals surface area (Å²) in [6.45, 7) is 4.65. The van der Waals surface area contributed by atoms with Crippen molar-refractivity contribution in [2.75, 3.05) is 43.0 Å². The number of nitrogens with one attached hydrogen (secondary N) is 1. The second kappa shape index (κ2) is 11.6. The summed E-state index contributed by atoms with van der Waals surface area (Å²) in [5.74, 6) is -2.59. The van der Waals surface area contributed by atoms with E-state index in [2.05, 4.69) is 25.3 Å². The fraction of sp³-hybridized carbons (Fsp3) is 0.667. The highest BCUT2D eigenvalue weighted by atomic mass is 19.3. The number of fused-ring (bicyclic) bond motifs is 3. The van der Waals surface area contributed by atoms with Gasteiger partial charge in [-0.1, -0.05) is 0 Å². The van der Waals surface area contributed by atoms with Gasteiger partial charge in [-0.25, -0.2) is 27.1 Å². The maximum absolute atomic E-state index is 14.1. The van der Waals surface area contributed by atoms with Gasteiger partial charge >= 0.3 is 0 Å². The van der Waals surface area contributed by atoms with Crippen LogP contribution in [-0.4, -0.2) is 86.0 Å². The lowest BCUT2D eigenvalue weighted by Gasteiger charge is -2.38. The highest BCUT2D eigenvalue weighted by Crippen LogP contribution is 2.37. The number of hydrogen-bond donors (Lipinski definition) is 1. The number of anilines is 2. The van der Waals surface area contributed by atoms with Crippen LogP contribution in [0.1, 0.15) is 80.4 Å². The largest absolute Gasteiger partial charge is 0.374 e. The third-order valence-corrected chi connectivity index (χ3v) is 10.0. The molecule has 0 aromatic carbocycles. The average molecular weight is 619 g/mol. The Bertz CT molecular complexity index is 1490. The minimum Gasteiger partial charge on any atom is -0.374 e. The fourth-order valence-electron chi connectivity index (χ4n) is 7.48. The van der Waals surface area contributed by atoms with Crippen LogP contribution in [0.5, 0.6) is 0 Å². The topological polar surface area (TPSA) is 92.8 Å². The molecule has 3 saturated heterocycles. The lowest BCUT2D eigenvalue weighted by atomic mass is 9.84. The van der Waals surface area contributed by atoms with E-state index in [9.17, 15) is 22.4 Å². The molecule has 1 aliphatic carbocycles. The summed E-state index contributed by atoms with van der Waals surface area (Å²) in [7, 11) is 0. The Morgan fingerprint density at radius 3 is 2.57 bits per heavy atom. The molecule has 14 heteroatoms. The Kier molecular flexibility index (Phi) is 7.76. The van der Waals surface area contributed by atoms with Crippen molar-refractivity contribution in [3.63, 3.8) is 0 Å². The van der Waals surface area contributed by atoms with E-state index in [1.165, 1.54) is 16.9 Å². The number of carbonyl (C=O) groups is 1. The van der Waals surface area contributed by atoms with Crippen molar-refractivity contribution >= 4 is 23.1 Å². The molecule has 1 amide bonds. The lowest BCUT2D eigenvalue weighted by Crippen LogP contribution is -2.41. The first-order chi connectivity index (χ1) is 21.1. The summed E-state index contributed by atoms with van der Waals surface area (Å²) in [6.07, 6.45) is 7.30. The summed E-state index contributed by atoms with van der Waals surface area (Å²) in [5.41, 5.74) is 0.0507. The van der Waals surface area contributed by atoms with Crippen LogP contribution in [0.25, 0.3) is 5.65 Å². The molecule has 1 N–H and O–H groups in total. The van der Waals surface area contributed by atoms with E-state index in [0.29, 0.717) is 44.1 Å². The number of hydrogen-bond acceptors (Lipinski definition) is 7. The molecule has 3 aliphatic heterocycles. The van der Waals surface area contributed by atoms with Gasteiger partial charge in [-0.15, -0.1) is 0 Å². The molecule has 4 fully saturated rings. The molecular formula is C30H38F4N8O2. The number of morpholine rings is 1. The molecule has 44 heavy (non-hydrogen) atoms. The van der Waals surface area contributed by atoms with E-state index in [-0.39, 0.29) is 29.4 Å². The number of ether oxygens (including phenoxy) is 1. The van der Waals surface area contributed by atoms with Crippen molar-refractivity contribution in [3.05, 3.63) is 35.9 Å². The summed E-state index contributed by atoms with van der Waals surface area (Å²) in [4.78, 5) is 22.5. The van der Waals surface area contributed by atoms with Crippen LogP contribution in [0.3, 0.4) is 0 Å². The minimum atomic E-state index is -2.86. The van der Waals surface area contributed by atoms with E-state index in [4.69, 9.17) is 9.72 Å². The normalized spacial score (nSPS) is 26.7. The van der Waals surface area contributed by atoms with Gasteiger partial charge in [0.2, 0.25) is 5.92 Å². The summed E-state index contributed by atoms with van der Waals surface area (Å²) < 4.78 is 64.2. The Morgan fingerprint density at radius 1 is 1.14 bits per heavy atom. The smallest absolute Gasteiger partial charge is 0.284 e. The van der Waals surface area contributed by atoms with Crippen molar-refractivity contribution in [2.24, 2.45) is 11.8 Å². The van der Waals surface area contributed by atoms with Crippen molar-refractivity contribution in [1.29, 1.82) is 0 Å². The van der Waals surface area contributed by atoms with E-state index in [1.54, 1.807) is 10.9 Å². The van der Waals surface area contributed by atoms with E-state index < -0.39 is 29.9 Å². The second-order valence-electron chi connectivity index (χ2n) is 13.0. The zero-order valence-corrected chi connectivity index (χ0v) is 24.7. The zero-order chi connectivity index (χ0) is 30.6. The molecule has 2 atom stereocenters. The highest BCUT2D eigenvalue weighted by molar-refractivity contribution is 6.08. The molecule has 238 valence electrons. The van der Waals surface area contributed by atoms with Crippen LogP contribution in [0.2, 0.25) is 0 Å². The predicted octanol–water partition coefficient (Wildman–Crippen LogP) is 5.19. The number of aromatic nitrogens is 5. The SMILES string of the molecule is CC(F)(F)C1CCN(CC2CCC(n3cc(NC(=O)c4cnn5ccc(N6CC7CC6CO7)nc45)c(C(F)F)n3)CC2)CC1. The Hall–Kier alpha value is -3.26. The van der Waals surface area contributed by atoms with Crippen LogP contribution in [0, 0.1) is 11.8 Å². The van der Waals surface area contributed by atoms with Gasteiger partial charge in [-0.05, 0) is 76.9 Å². The molecule has 0 radical (unpaired) electrons. The number of alkyl halides is 4. The molecular weight excluding hydrogens is 580 g/mol. The molecule has 3 aromatic heterocycles. The summed E-state index contributed by atoms with van der Waals surface area (Å²) in [6, 6.07) is 2.05. The maximum Gasteiger partial charge on any atom is 0.284 e. The van der Waals surface area contributed by atoms with Gasteiger partial charge in [0, 0.05) is 31.4 Å². The molecule has 1 saturated carbocycles. The van der Waals surface area contributed by atoms with Crippen LogP contribution in [0.15, 0.2) is 24.7 Å². The zero-order valence-electron chi connectivity index (χ0n) is 24.7. The molecule has 2 bridgehead atoms. The molecule has 4 aliphatic rings. The van der Waals surface area contributed by atoms with Gasteiger partial charge in [0.05, 0.1) is 36.7 Å². The second-order valence-corrected chi connectivity index (χ2v) is 13.0. The number of carbonyl (C=O) groups excluding carboxylic acids is 1. The Balaban J connectivity index is 0.994. The number of rotatable bonds is 8. The number of amides is 1.